The number of nitrogens with zero attached hydrogens (tertiary/aromatic N) is 3. The average molecular weight is 272 g/mol. The van der Waals surface area contributed by atoms with E-state index in [1.165, 1.54) is 0 Å². The van der Waals surface area contributed by atoms with Gasteiger partial charge in [0.25, 0.3) is 0 Å². The summed E-state index contributed by atoms with van der Waals surface area (Å²) < 4.78 is 5.22. The summed E-state index contributed by atoms with van der Waals surface area (Å²) in [5.74, 6) is 0. The molecule has 0 radical (unpaired) electrons. The summed E-state index contributed by atoms with van der Waals surface area (Å²) >= 11 is 0. The molecule has 0 bridgehead atoms. The minimum Gasteiger partial charge on any atom is -0.385 e. The SMILES string of the molecule is COCCC(C)(CN)N1CCN(CCN(C)C)CC1. The summed E-state index contributed by atoms with van der Waals surface area (Å²) in [6, 6.07) is 0. The Kier molecular flexibility index (Phi) is 7.25. The van der Waals surface area contributed by atoms with Gasteiger partial charge in [0.2, 0.25) is 0 Å². The Bertz CT molecular complexity index is 242. The van der Waals surface area contributed by atoms with E-state index in [2.05, 4.69) is 35.7 Å². The zero-order chi connectivity index (χ0) is 14.3. The normalized spacial score (nSPS) is 21.8. The largest absolute Gasteiger partial charge is 0.385 e. The highest BCUT2D eigenvalue weighted by molar-refractivity contribution is 4.90. The number of likely N-dealkylation sites (N-methyl/N-ethyl adjacent to an activating group) is 1. The quantitative estimate of drug-likeness (QED) is 0.670. The first-order valence-corrected chi connectivity index (χ1v) is 7.33. The van der Waals surface area contributed by atoms with Crippen molar-refractivity contribution in [3.05, 3.63) is 0 Å². The Morgan fingerprint density at radius 1 is 1.21 bits per heavy atom. The summed E-state index contributed by atoms with van der Waals surface area (Å²) in [4.78, 5) is 7.33. The summed E-state index contributed by atoms with van der Waals surface area (Å²) in [5, 5.41) is 0. The highest BCUT2D eigenvalue weighted by Crippen LogP contribution is 2.20. The number of piperazine rings is 1. The fourth-order valence-corrected chi connectivity index (χ4v) is 2.56. The van der Waals surface area contributed by atoms with Gasteiger partial charge in [-0.3, -0.25) is 9.80 Å². The number of ether oxygens (including phenoxy) is 1. The summed E-state index contributed by atoms with van der Waals surface area (Å²) in [6.07, 6.45) is 1.01. The lowest BCUT2D eigenvalue weighted by molar-refractivity contribution is 0.0246. The van der Waals surface area contributed by atoms with Crippen LogP contribution in [0.15, 0.2) is 0 Å². The predicted molar refractivity (Wildman–Crippen MR) is 80.5 cm³/mol. The molecule has 1 rings (SSSR count). The molecule has 1 aliphatic heterocycles. The van der Waals surface area contributed by atoms with Gasteiger partial charge in [0, 0.05) is 65.1 Å². The second-order valence-electron chi connectivity index (χ2n) is 6.08. The summed E-state index contributed by atoms with van der Waals surface area (Å²) in [5.41, 5.74) is 6.08. The maximum Gasteiger partial charge on any atom is 0.0480 e. The predicted octanol–water partition coefficient (Wildman–Crippen LogP) is -0.0805. The fraction of sp³-hybridized carbons (Fsp3) is 1.00. The highest BCUT2D eigenvalue weighted by Gasteiger charge is 2.32. The van der Waals surface area contributed by atoms with E-state index in [0.29, 0.717) is 6.54 Å². The molecule has 1 heterocycles. The molecule has 5 nitrogen and oxygen atoms in total. The molecule has 1 fully saturated rings. The second kappa shape index (κ2) is 8.17. The molecule has 5 heteroatoms. The molecule has 19 heavy (non-hydrogen) atoms. The molecule has 0 spiro atoms. The second-order valence-corrected chi connectivity index (χ2v) is 6.08. The van der Waals surface area contributed by atoms with Crippen LogP contribution in [0.2, 0.25) is 0 Å². The van der Waals surface area contributed by atoms with Crippen LogP contribution in [-0.4, -0.2) is 93.9 Å². The van der Waals surface area contributed by atoms with Gasteiger partial charge in [-0.05, 0) is 27.4 Å². The summed E-state index contributed by atoms with van der Waals surface area (Å²) in [7, 11) is 6.02. The van der Waals surface area contributed by atoms with Crippen LogP contribution < -0.4 is 5.73 Å². The molecule has 1 atom stereocenters. The van der Waals surface area contributed by atoms with E-state index < -0.39 is 0 Å². The third kappa shape index (κ3) is 5.36. The summed E-state index contributed by atoms with van der Waals surface area (Å²) in [6.45, 7) is 10.6. The van der Waals surface area contributed by atoms with E-state index in [1.807, 2.05) is 0 Å². The molecule has 0 aromatic rings. The van der Waals surface area contributed by atoms with Crippen molar-refractivity contribution in [2.75, 3.05) is 73.6 Å². The topological polar surface area (TPSA) is 45.0 Å². The van der Waals surface area contributed by atoms with Crippen LogP contribution in [0.3, 0.4) is 0 Å². The maximum atomic E-state index is 5.99. The third-order valence-corrected chi connectivity index (χ3v) is 4.28. The van der Waals surface area contributed by atoms with Gasteiger partial charge in [-0.1, -0.05) is 0 Å². The molecule has 0 saturated carbocycles. The van der Waals surface area contributed by atoms with E-state index in [4.69, 9.17) is 10.5 Å². The molecular weight excluding hydrogens is 240 g/mol. The van der Waals surface area contributed by atoms with Crippen LogP contribution in [0, 0.1) is 0 Å². The molecule has 0 amide bonds. The number of hydrogen-bond donors (Lipinski definition) is 1. The van der Waals surface area contributed by atoms with Gasteiger partial charge in [0.1, 0.15) is 0 Å². The zero-order valence-electron chi connectivity index (χ0n) is 13.2. The van der Waals surface area contributed by atoms with Gasteiger partial charge in [-0.25, -0.2) is 0 Å². The van der Waals surface area contributed by atoms with Crippen LogP contribution in [0.25, 0.3) is 0 Å². The molecule has 0 aromatic heterocycles. The number of hydrogen-bond acceptors (Lipinski definition) is 5. The van der Waals surface area contributed by atoms with Gasteiger partial charge in [-0.15, -0.1) is 0 Å². The van der Waals surface area contributed by atoms with Crippen molar-refractivity contribution < 1.29 is 4.74 Å². The van der Waals surface area contributed by atoms with Gasteiger partial charge in [0.05, 0.1) is 0 Å². The van der Waals surface area contributed by atoms with E-state index in [9.17, 15) is 0 Å². The first-order chi connectivity index (χ1) is 9.01. The van der Waals surface area contributed by atoms with Crippen molar-refractivity contribution >= 4 is 0 Å². The Morgan fingerprint density at radius 3 is 2.32 bits per heavy atom. The van der Waals surface area contributed by atoms with Crippen LogP contribution in [0.4, 0.5) is 0 Å². The number of nitrogens with two attached hydrogens (primary N) is 1. The lowest BCUT2D eigenvalue weighted by Gasteiger charge is -2.45. The molecule has 1 unspecified atom stereocenters. The minimum absolute atomic E-state index is 0.0870. The van der Waals surface area contributed by atoms with E-state index in [1.54, 1.807) is 7.11 Å². The van der Waals surface area contributed by atoms with E-state index in [-0.39, 0.29) is 5.54 Å². The van der Waals surface area contributed by atoms with Gasteiger partial charge >= 0.3 is 0 Å². The van der Waals surface area contributed by atoms with Crippen molar-refractivity contribution in [3.8, 4) is 0 Å². The van der Waals surface area contributed by atoms with Crippen LogP contribution in [-0.2, 0) is 4.74 Å². The van der Waals surface area contributed by atoms with Gasteiger partial charge in [-0.2, -0.15) is 0 Å². The molecule has 0 aromatic carbocycles. The monoisotopic (exact) mass is 272 g/mol. The number of rotatable bonds is 8. The highest BCUT2D eigenvalue weighted by atomic mass is 16.5. The van der Waals surface area contributed by atoms with Crippen LogP contribution in [0.1, 0.15) is 13.3 Å². The maximum absolute atomic E-state index is 5.99. The molecular formula is C14H32N4O. The molecule has 114 valence electrons. The van der Waals surface area contributed by atoms with Crippen LogP contribution in [0.5, 0.6) is 0 Å². The molecule has 2 N–H and O–H groups in total. The Hall–Kier alpha value is -0.200. The Balaban J connectivity index is 2.38. The van der Waals surface area contributed by atoms with Crippen molar-refractivity contribution in [1.82, 2.24) is 14.7 Å². The van der Waals surface area contributed by atoms with Gasteiger partial charge in [0.15, 0.2) is 0 Å². The van der Waals surface area contributed by atoms with Crippen molar-refractivity contribution in [3.63, 3.8) is 0 Å². The third-order valence-electron chi connectivity index (χ3n) is 4.28. The molecule has 1 aliphatic rings. The zero-order valence-corrected chi connectivity index (χ0v) is 13.2. The van der Waals surface area contributed by atoms with Crippen molar-refractivity contribution in [1.29, 1.82) is 0 Å². The Morgan fingerprint density at radius 2 is 1.84 bits per heavy atom. The van der Waals surface area contributed by atoms with Crippen molar-refractivity contribution in [2.24, 2.45) is 5.73 Å². The first-order valence-electron chi connectivity index (χ1n) is 7.33. The van der Waals surface area contributed by atoms with E-state index >= 15 is 0 Å². The standard InChI is InChI=1S/C14H32N4O/c1-14(13-15,5-12-19-4)18-10-8-17(9-11-18)7-6-16(2)3/h5-13,15H2,1-4H3. The van der Waals surface area contributed by atoms with E-state index in [0.717, 1.165) is 52.3 Å². The fourth-order valence-electron chi connectivity index (χ4n) is 2.56. The first kappa shape index (κ1) is 16.9. The van der Waals surface area contributed by atoms with Crippen molar-refractivity contribution in [2.45, 2.75) is 18.9 Å². The minimum atomic E-state index is 0.0870. The number of methoxy groups -OCH3 is 1. The molecule has 0 aliphatic carbocycles. The lowest BCUT2D eigenvalue weighted by Crippen LogP contribution is -2.59. The Labute approximate surface area is 118 Å². The molecule has 1 saturated heterocycles. The van der Waals surface area contributed by atoms with Gasteiger partial charge < -0.3 is 15.4 Å². The average Bonchev–Trinajstić information content (AvgIpc) is 2.43. The smallest absolute Gasteiger partial charge is 0.0480 e. The lowest BCUT2D eigenvalue weighted by atomic mass is 9.95. The van der Waals surface area contributed by atoms with Crippen LogP contribution >= 0.6 is 0 Å².